The Kier molecular flexibility index (Phi) is 7.07. The molecule has 0 unspecified atom stereocenters. The second kappa shape index (κ2) is 9.78. The lowest BCUT2D eigenvalue weighted by atomic mass is 9.53. The molecule has 31 heavy (non-hydrogen) atoms. The zero-order valence-electron chi connectivity index (χ0n) is 19.0. The van der Waals surface area contributed by atoms with E-state index in [1.165, 1.54) is 25.7 Å². The number of urea groups is 1. The van der Waals surface area contributed by atoms with Crippen LogP contribution in [0.3, 0.4) is 0 Å². The first kappa shape index (κ1) is 22.4. The lowest BCUT2D eigenvalue weighted by molar-refractivity contribution is -0.153. The molecule has 4 bridgehead atoms. The standard InChI is InChI=1S/C24H39N3O4/c1-2-27(20-6-4-3-5-7-20)21(28)16-31-22(29)8-9-25-23(30)26-24-13-17-10-18(14-24)12-19(11-17)15-24/h17-20H,2-16H2,1H3,(H2,25,26,30). The zero-order chi connectivity index (χ0) is 21.8. The Balaban J connectivity index is 1.13. The number of carbonyl (C=O) groups is 3. The highest BCUT2D eigenvalue weighted by Gasteiger charge is 2.51. The Hall–Kier alpha value is -1.79. The molecule has 0 aromatic rings. The second-order valence-electron chi connectivity index (χ2n) is 10.5. The SMILES string of the molecule is CCN(C(=O)COC(=O)CCNC(=O)NC12CC3CC(CC(C3)C1)C2)C1CCCCC1. The highest BCUT2D eigenvalue weighted by atomic mass is 16.5. The molecule has 0 heterocycles. The summed E-state index contributed by atoms with van der Waals surface area (Å²) in [7, 11) is 0. The van der Waals surface area contributed by atoms with Crippen LogP contribution in [0.25, 0.3) is 0 Å². The first-order valence-electron chi connectivity index (χ1n) is 12.5. The topological polar surface area (TPSA) is 87.7 Å². The van der Waals surface area contributed by atoms with Crippen LogP contribution in [-0.2, 0) is 14.3 Å². The number of ether oxygens (including phenoxy) is 1. The van der Waals surface area contributed by atoms with Gasteiger partial charge in [0.2, 0.25) is 0 Å². The number of likely N-dealkylation sites (N-methyl/N-ethyl adjacent to an activating group) is 1. The van der Waals surface area contributed by atoms with Crippen LogP contribution < -0.4 is 10.6 Å². The van der Waals surface area contributed by atoms with E-state index in [-0.39, 0.29) is 43.1 Å². The summed E-state index contributed by atoms with van der Waals surface area (Å²) >= 11 is 0. The molecule has 5 rings (SSSR count). The fourth-order valence-corrected chi connectivity index (χ4v) is 7.16. The van der Waals surface area contributed by atoms with Gasteiger partial charge in [0.1, 0.15) is 0 Å². The molecule has 0 aromatic carbocycles. The lowest BCUT2D eigenvalue weighted by Crippen LogP contribution is -2.61. The van der Waals surface area contributed by atoms with Gasteiger partial charge in [-0.3, -0.25) is 9.59 Å². The van der Waals surface area contributed by atoms with Crippen LogP contribution in [0.2, 0.25) is 0 Å². The van der Waals surface area contributed by atoms with Crippen LogP contribution in [0.4, 0.5) is 4.79 Å². The molecule has 5 aliphatic rings. The highest BCUT2D eigenvalue weighted by molar-refractivity contribution is 5.81. The van der Waals surface area contributed by atoms with Gasteiger partial charge >= 0.3 is 12.0 Å². The minimum atomic E-state index is -0.442. The van der Waals surface area contributed by atoms with E-state index in [9.17, 15) is 14.4 Å². The maximum atomic E-state index is 12.5. The number of nitrogens with one attached hydrogen (secondary N) is 2. The largest absolute Gasteiger partial charge is 0.456 e. The molecular weight excluding hydrogens is 394 g/mol. The molecule has 0 atom stereocenters. The summed E-state index contributed by atoms with van der Waals surface area (Å²) < 4.78 is 5.19. The Morgan fingerprint density at radius 2 is 1.58 bits per heavy atom. The molecule has 0 aromatic heterocycles. The van der Waals surface area contributed by atoms with Crippen LogP contribution in [0.5, 0.6) is 0 Å². The molecule has 0 aliphatic heterocycles. The van der Waals surface area contributed by atoms with Crippen molar-refractivity contribution >= 4 is 17.9 Å². The first-order valence-corrected chi connectivity index (χ1v) is 12.5. The number of hydrogen-bond donors (Lipinski definition) is 2. The minimum Gasteiger partial charge on any atom is -0.456 e. The van der Waals surface area contributed by atoms with Crippen molar-refractivity contribution in [2.75, 3.05) is 19.7 Å². The lowest BCUT2D eigenvalue weighted by Gasteiger charge is -2.56. The van der Waals surface area contributed by atoms with Crippen molar-refractivity contribution in [3.63, 3.8) is 0 Å². The van der Waals surface area contributed by atoms with Gasteiger partial charge in [0.05, 0.1) is 6.42 Å². The summed E-state index contributed by atoms with van der Waals surface area (Å²) in [6, 6.07) is 0.0974. The molecule has 5 aliphatic carbocycles. The summed E-state index contributed by atoms with van der Waals surface area (Å²) in [6.45, 7) is 2.64. The summed E-state index contributed by atoms with van der Waals surface area (Å²) in [6.07, 6.45) is 13.0. The van der Waals surface area contributed by atoms with E-state index < -0.39 is 5.97 Å². The van der Waals surface area contributed by atoms with E-state index in [0.717, 1.165) is 62.7 Å². The number of hydrogen-bond acceptors (Lipinski definition) is 4. The predicted octanol–water partition coefficient (Wildman–Crippen LogP) is 3.37. The quantitative estimate of drug-likeness (QED) is 0.575. The monoisotopic (exact) mass is 433 g/mol. The number of nitrogens with zero attached hydrogens (tertiary/aromatic N) is 1. The fourth-order valence-electron chi connectivity index (χ4n) is 7.16. The smallest absolute Gasteiger partial charge is 0.315 e. The summed E-state index contributed by atoms with van der Waals surface area (Å²) in [5.74, 6) is 1.76. The summed E-state index contributed by atoms with van der Waals surface area (Å²) in [5, 5.41) is 6.06. The Morgan fingerprint density at radius 3 is 2.16 bits per heavy atom. The van der Waals surface area contributed by atoms with Crippen LogP contribution in [0.1, 0.15) is 84.0 Å². The summed E-state index contributed by atoms with van der Waals surface area (Å²) in [5.41, 5.74) is -0.0332. The Bertz CT molecular complexity index is 638. The fraction of sp³-hybridized carbons (Fsp3) is 0.875. The maximum Gasteiger partial charge on any atom is 0.315 e. The predicted molar refractivity (Wildman–Crippen MR) is 117 cm³/mol. The van der Waals surface area contributed by atoms with E-state index in [4.69, 9.17) is 4.74 Å². The van der Waals surface area contributed by atoms with E-state index in [2.05, 4.69) is 10.6 Å². The molecule has 7 nitrogen and oxygen atoms in total. The van der Waals surface area contributed by atoms with Crippen molar-refractivity contribution in [3.05, 3.63) is 0 Å². The first-order chi connectivity index (χ1) is 15.0. The van der Waals surface area contributed by atoms with Crippen molar-refractivity contribution < 1.29 is 19.1 Å². The Labute approximate surface area is 186 Å². The van der Waals surface area contributed by atoms with Gasteiger partial charge in [-0.15, -0.1) is 0 Å². The molecule has 5 fully saturated rings. The Morgan fingerprint density at radius 1 is 0.968 bits per heavy atom. The van der Waals surface area contributed by atoms with E-state index >= 15 is 0 Å². The number of amides is 3. The van der Waals surface area contributed by atoms with Crippen molar-refractivity contribution in [2.24, 2.45) is 17.8 Å². The number of esters is 1. The normalized spacial score (nSPS) is 31.8. The van der Waals surface area contributed by atoms with Gasteiger partial charge in [0, 0.05) is 24.7 Å². The van der Waals surface area contributed by atoms with Gasteiger partial charge in [-0.25, -0.2) is 4.79 Å². The van der Waals surface area contributed by atoms with Crippen molar-refractivity contribution in [1.29, 1.82) is 0 Å². The molecule has 2 N–H and O–H groups in total. The second-order valence-corrected chi connectivity index (χ2v) is 10.5. The van der Waals surface area contributed by atoms with Gasteiger partial charge in [-0.1, -0.05) is 19.3 Å². The highest BCUT2D eigenvalue weighted by Crippen LogP contribution is 2.55. The maximum absolute atomic E-state index is 12.5. The van der Waals surface area contributed by atoms with Crippen LogP contribution in [0, 0.1) is 17.8 Å². The molecular formula is C24H39N3O4. The average Bonchev–Trinajstić information content (AvgIpc) is 2.72. The van der Waals surface area contributed by atoms with Crippen LogP contribution in [-0.4, -0.2) is 54.1 Å². The number of rotatable bonds is 8. The molecule has 0 spiro atoms. The molecule has 3 amide bonds. The van der Waals surface area contributed by atoms with E-state index in [0.29, 0.717) is 6.54 Å². The molecule has 5 saturated carbocycles. The van der Waals surface area contributed by atoms with Crippen molar-refractivity contribution in [3.8, 4) is 0 Å². The van der Waals surface area contributed by atoms with E-state index in [1.54, 1.807) is 0 Å². The molecule has 7 heteroatoms. The van der Waals surface area contributed by atoms with Gasteiger partial charge in [-0.05, 0) is 76.0 Å². The molecule has 0 radical (unpaired) electrons. The summed E-state index contributed by atoms with van der Waals surface area (Å²) in [4.78, 5) is 38.8. The van der Waals surface area contributed by atoms with Gasteiger partial charge in [0.15, 0.2) is 6.61 Å². The average molecular weight is 434 g/mol. The molecule has 0 saturated heterocycles. The zero-order valence-corrected chi connectivity index (χ0v) is 19.0. The van der Waals surface area contributed by atoms with Crippen molar-refractivity contribution in [2.45, 2.75) is 95.6 Å². The van der Waals surface area contributed by atoms with Crippen LogP contribution >= 0.6 is 0 Å². The minimum absolute atomic E-state index is 0.0332. The van der Waals surface area contributed by atoms with Gasteiger partial charge < -0.3 is 20.3 Å². The van der Waals surface area contributed by atoms with Crippen LogP contribution in [0.15, 0.2) is 0 Å². The molecule has 174 valence electrons. The third kappa shape index (κ3) is 5.53. The van der Waals surface area contributed by atoms with E-state index in [1.807, 2.05) is 11.8 Å². The van der Waals surface area contributed by atoms with Gasteiger partial charge in [-0.2, -0.15) is 0 Å². The third-order valence-electron chi connectivity index (χ3n) is 8.06. The van der Waals surface area contributed by atoms with Crippen molar-refractivity contribution in [1.82, 2.24) is 15.5 Å². The number of carbonyl (C=O) groups excluding carboxylic acids is 3. The van der Waals surface area contributed by atoms with Gasteiger partial charge in [0.25, 0.3) is 5.91 Å². The third-order valence-corrected chi connectivity index (χ3v) is 8.06.